The SMILES string of the molecule is CCC(C)(CC(C=O)(CC(C)(C)C(=O)OC)OC1CC(C)(C)NC(C)(C)C1)C(=O)OC. The number of hydrogen-bond acceptors (Lipinski definition) is 7. The fraction of sp³-hybridized carbons (Fsp3) is 0.875. The molecule has 1 aliphatic rings. The fourth-order valence-electron chi connectivity index (χ4n) is 5.25. The molecule has 1 rings (SSSR count). The summed E-state index contributed by atoms with van der Waals surface area (Å²) in [6, 6.07) is 0. The maximum Gasteiger partial charge on any atom is 0.311 e. The molecule has 180 valence electrons. The second-order valence-corrected chi connectivity index (χ2v) is 11.4. The van der Waals surface area contributed by atoms with Crippen molar-refractivity contribution in [1.29, 1.82) is 0 Å². The van der Waals surface area contributed by atoms with Gasteiger partial charge in [0.25, 0.3) is 0 Å². The van der Waals surface area contributed by atoms with E-state index in [-0.39, 0.29) is 30.0 Å². The predicted octanol–water partition coefficient (Wildman–Crippen LogP) is 3.82. The molecular formula is C24H43NO6. The van der Waals surface area contributed by atoms with Crippen LogP contribution in [0.5, 0.6) is 0 Å². The minimum atomic E-state index is -1.34. The van der Waals surface area contributed by atoms with Crippen molar-refractivity contribution in [2.45, 2.75) is 110 Å². The Morgan fingerprint density at radius 1 is 0.968 bits per heavy atom. The van der Waals surface area contributed by atoms with Gasteiger partial charge in [-0.3, -0.25) is 9.59 Å². The van der Waals surface area contributed by atoms with E-state index >= 15 is 0 Å². The van der Waals surface area contributed by atoms with E-state index in [1.807, 2.05) is 6.92 Å². The van der Waals surface area contributed by atoms with Crippen LogP contribution in [0.3, 0.4) is 0 Å². The number of nitrogens with one attached hydrogen (secondary N) is 1. The number of hydrogen-bond donors (Lipinski definition) is 1. The number of ether oxygens (including phenoxy) is 3. The molecule has 0 aliphatic carbocycles. The highest BCUT2D eigenvalue weighted by molar-refractivity contribution is 5.79. The summed E-state index contributed by atoms with van der Waals surface area (Å²) in [5.74, 6) is -0.823. The maximum absolute atomic E-state index is 12.7. The fourth-order valence-corrected chi connectivity index (χ4v) is 5.25. The molecule has 7 nitrogen and oxygen atoms in total. The van der Waals surface area contributed by atoms with Crippen LogP contribution in [0.4, 0.5) is 0 Å². The van der Waals surface area contributed by atoms with Gasteiger partial charge in [0, 0.05) is 11.1 Å². The average molecular weight is 442 g/mol. The molecule has 1 aliphatic heterocycles. The summed E-state index contributed by atoms with van der Waals surface area (Å²) in [5, 5.41) is 3.61. The van der Waals surface area contributed by atoms with Gasteiger partial charge in [-0.05, 0) is 80.6 Å². The van der Waals surface area contributed by atoms with Gasteiger partial charge in [0.1, 0.15) is 5.60 Å². The van der Waals surface area contributed by atoms with Crippen molar-refractivity contribution >= 4 is 18.2 Å². The van der Waals surface area contributed by atoms with Crippen LogP contribution in [0.15, 0.2) is 0 Å². The first-order chi connectivity index (χ1) is 14.0. The van der Waals surface area contributed by atoms with Crippen LogP contribution in [-0.4, -0.2) is 55.2 Å². The first-order valence-corrected chi connectivity index (χ1v) is 11.1. The Labute approximate surface area is 188 Å². The van der Waals surface area contributed by atoms with Crippen molar-refractivity contribution in [2.75, 3.05) is 14.2 Å². The minimum Gasteiger partial charge on any atom is -0.469 e. The Morgan fingerprint density at radius 2 is 1.45 bits per heavy atom. The van der Waals surface area contributed by atoms with Gasteiger partial charge in [-0.1, -0.05) is 6.92 Å². The highest BCUT2D eigenvalue weighted by Crippen LogP contribution is 2.43. The molecule has 31 heavy (non-hydrogen) atoms. The van der Waals surface area contributed by atoms with Crippen LogP contribution < -0.4 is 5.32 Å². The number of carbonyl (C=O) groups is 3. The van der Waals surface area contributed by atoms with Crippen molar-refractivity contribution in [3.63, 3.8) is 0 Å². The van der Waals surface area contributed by atoms with Crippen molar-refractivity contribution in [1.82, 2.24) is 5.32 Å². The third-order valence-electron chi connectivity index (χ3n) is 6.40. The van der Waals surface area contributed by atoms with Crippen molar-refractivity contribution in [2.24, 2.45) is 10.8 Å². The van der Waals surface area contributed by atoms with Crippen molar-refractivity contribution in [3.8, 4) is 0 Å². The Hall–Kier alpha value is -1.47. The Morgan fingerprint density at radius 3 is 1.84 bits per heavy atom. The molecule has 2 atom stereocenters. The van der Waals surface area contributed by atoms with Crippen LogP contribution in [0.2, 0.25) is 0 Å². The summed E-state index contributed by atoms with van der Waals surface area (Å²) >= 11 is 0. The summed E-state index contributed by atoms with van der Waals surface area (Å²) in [7, 11) is 2.67. The Bertz CT molecular complexity index is 655. The monoisotopic (exact) mass is 441 g/mol. The van der Waals surface area contributed by atoms with Gasteiger partial charge >= 0.3 is 11.9 Å². The van der Waals surface area contributed by atoms with Gasteiger partial charge in [0.15, 0.2) is 6.29 Å². The number of esters is 2. The van der Waals surface area contributed by atoms with Gasteiger partial charge in [0.05, 0.1) is 31.2 Å². The summed E-state index contributed by atoms with van der Waals surface area (Å²) in [6.07, 6.45) is 2.66. The molecular weight excluding hydrogens is 398 g/mol. The van der Waals surface area contributed by atoms with E-state index in [9.17, 15) is 14.4 Å². The zero-order chi connectivity index (χ0) is 24.3. The van der Waals surface area contributed by atoms with E-state index in [0.717, 1.165) is 6.29 Å². The van der Waals surface area contributed by atoms with Crippen LogP contribution in [-0.2, 0) is 28.6 Å². The van der Waals surface area contributed by atoms with Crippen LogP contribution >= 0.6 is 0 Å². The second-order valence-electron chi connectivity index (χ2n) is 11.4. The third-order valence-corrected chi connectivity index (χ3v) is 6.40. The number of piperidine rings is 1. The van der Waals surface area contributed by atoms with Gasteiger partial charge in [0.2, 0.25) is 0 Å². The van der Waals surface area contributed by atoms with Gasteiger partial charge in [-0.2, -0.15) is 0 Å². The quantitative estimate of drug-likeness (QED) is 0.407. The molecule has 0 bridgehead atoms. The Balaban J connectivity index is 3.42. The molecule has 2 unspecified atom stereocenters. The molecule has 0 aromatic heterocycles. The second kappa shape index (κ2) is 9.57. The molecule has 0 radical (unpaired) electrons. The topological polar surface area (TPSA) is 90.9 Å². The average Bonchev–Trinajstić information content (AvgIpc) is 2.63. The molecule has 0 aromatic carbocycles. The minimum absolute atomic E-state index is 0.105. The largest absolute Gasteiger partial charge is 0.469 e. The number of aldehydes is 1. The molecule has 7 heteroatoms. The van der Waals surface area contributed by atoms with E-state index < -0.39 is 28.4 Å². The zero-order valence-corrected chi connectivity index (χ0v) is 21.1. The Kier molecular flexibility index (Phi) is 8.51. The molecule has 1 N–H and O–H groups in total. The lowest BCUT2D eigenvalue weighted by atomic mass is 9.70. The lowest BCUT2D eigenvalue weighted by Gasteiger charge is -2.49. The van der Waals surface area contributed by atoms with Crippen LogP contribution in [0, 0.1) is 10.8 Å². The zero-order valence-electron chi connectivity index (χ0n) is 21.1. The van der Waals surface area contributed by atoms with Crippen molar-refractivity contribution in [3.05, 3.63) is 0 Å². The standard InChI is InChI=1S/C24H43NO6/c1-11-23(8,19(28)30-10)15-24(16-26,14-20(2,3)18(27)29-9)31-17-12-21(4,5)25-22(6,7)13-17/h16-17,25H,11-15H2,1-10H3. The molecule has 0 saturated carbocycles. The number of carbonyl (C=O) groups excluding carboxylic acids is 3. The smallest absolute Gasteiger partial charge is 0.311 e. The van der Waals surface area contributed by atoms with Gasteiger partial charge in [-0.25, -0.2) is 0 Å². The molecule has 0 spiro atoms. The lowest BCUT2D eigenvalue weighted by Crippen LogP contribution is -2.61. The van der Waals surface area contributed by atoms with Crippen LogP contribution in [0.1, 0.15) is 87.5 Å². The van der Waals surface area contributed by atoms with E-state index in [0.29, 0.717) is 19.3 Å². The molecule has 1 fully saturated rings. The lowest BCUT2D eigenvalue weighted by molar-refractivity contribution is -0.180. The van der Waals surface area contributed by atoms with E-state index in [1.54, 1.807) is 20.8 Å². The third kappa shape index (κ3) is 7.01. The molecule has 1 heterocycles. The molecule has 1 saturated heterocycles. The summed E-state index contributed by atoms with van der Waals surface area (Å²) < 4.78 is 16.6. The highest BCUT2D eigenvalue weighted by atomic mass is 16.5. The highest BCUT2D eigenvalue weighted by Gasteiger charge is 2.51. The normalized spacial score (nSPS) is 22.6. The molecule has 0 aromatic rings. The summed E-state index contributed by atoms with van der Waals surface area (Å²) in [4.78, 5) is 37.7. The maximum atomic E-state index is 12.7. The molecule has 0 amide bonds. The first-order valence-electron chi connectivity index (χ1n) is 11.1. The van der Waals surface area contributed by atoms with Gasteiger partial charge < -0.3 is 24.3 Å². The van der Waals surface area contributed by atoms with Crippen molar-refractivity contribution < 1.29 is 28.6 Å². The summed E-state index contributed by atoms with van der Waals surface area (Å²) in [5.41, 5.74) is -3.62. The van der Waals surface area contributed by atoms with E-state index in [2.05, 4.69) is 33.0 Å². The van der Waals surface area contributed by atoms with Gasteiger partial charge in [-0.15, -0.1) is 0 Å². The first kappa shape index (κ1) is 27.6. The predicted molar refractivity (Wildman–Crippen MR) is 120 cm³/mol. The van der Waals surface area contributed by atoms with E-state index in [4.69, 9.17) is 14.2 Å². The number of rotatable bonds is 10. The van der Waals surface area contributed by atoms with E-state index in [1.165, 1.54) is 14.2 Å². The summed E-state index contributed by atoms with van der Waals surface area (Å²) in [6.45, 7) is 15.6. The van der Waals surface area contributed by atoms with Crippen LogP contribution in [0.25, 0.3) is 0 Å². The number of methoxy groups -OCH3 is 2.